The van der Waals surface area contributed by atoms with Gasteiger partial charge in [0, 0.05) is 55.5 Å². The fourth-order valence-corrected chi connectivity index (χ4v) is 12.5. The van der Waals surface area contributed by atoms with Crippen molar-refractivity contribution < 1.29 is 79.8 Å². The number of aryl methyl sites for hydroxylation is 2. The Labute approximate surface area is 440 Å². The van der Waals surface area contributed by atoms with Gasteiger partial charge in [-0.2, -0.15) is 43.9 Å². The SMILES string of the molecule is CC(C)(C)OC(=O)C1(S(=O)(=O)c2ccc(-c3cnc(CCC(F)(F)C(F)(F)F)cn3)cc2)CCN(C2CC2)CC1.CC(C)(C)OC(=O)C1(S(=O)(=O)c2ccc(-c3cnc(CCC(F)(F)C(F)(F)F)cn3)cc2)CCNCC1. The number of alkyl halides is 10. The summed E-state index contributed by atoms with van der Waals surface area (Å²) in [6, 6.07) is 11.7. The van der Waals surface area contributed by atoms with Crippen LogP contribution in [0.4, 0.5) is 43.9 Å². The van der Waals surface area contributed by atoms with Crippen molar-refractivity contribution in [3.05, 3.63) is 84.7 Å². The zero-order valence-electron chi connectivity index (χ0n) is 43.0. The Morgan fingerprint density at radius 1 is 0.558 bits per heavy atom. The molecule has 0 unspecified atom stereocenters. The van der Waals surface area contributed by atoms with E-state index >= 15 is 0 Å². The Morgan fingerprint density at radius 2 is 0.909 bits per heavy atom. The Bertz CT molecular complexity index is 2910. The minimum atomic E-state index is -5.64. The van der Waals surface area contributed by atoms with Crippen molar-refractivity contribution in [2.75, 3.05) is 26.2 Å². The van der Waals surface area contributed by atoms with Crippen LogP contribution in [-0.4, -0.2) is 131 Å². The van der Waals surface area contributed by atoms with Crippen molar-refractivity contribution >= 4 is 31.6 Å². The molecule has 424 valence electrons. The van der Waals surface area contributed by atoms with E-state index in [0.29, 0.717) is 43.3 Å². The van der Waals surface area contributed by atoms with Crippen molar-refractivity contribution in [1.29, 1.82) is 0 Å². The molecule has 0 radical (unpaired) electrons. The first kappa shape index (κ1) is 60.9. The second-order valence-corrected chi connectivity index (χ2v) is 25.8. The van der Waals surface area contributed by atoms with Gasteiger partial charge in [0.1, 0.15) is 11.2 Å². The molecule has 0 bridgehead atoms. The molecular weight excluding hydrogens is 1080 g/mol. The maximum atomic E-state index is 14.0. The molecule has 77 heavy (non-hydrogen) atoms. The monoisotopic (exact) mass is 1140 g/mol. The number of piperidine rings is 2. The van der Waals surface area contributed by atoms with Crippen LogP contribution in [0.15, 0.2) is 83.1 Å². The number of likely N-dealkylation sites (tertiary alicyclic amines) is 1. The molecule has 2 aromatic heterocycles. The van der Waals surface area contributed by atoms with E-state index in [0.717, 1.165) is 25.2 Å². The first-order chi connectivity index (χ1) is 35.4. The lowest BCUT2D eigenvalue weighted by Gasteiger charge is -2.40. The van der Waals surface area contributed by atoms with E-state index in [9.17, 15) is 70.3 Å². The largest absolute Gasteiger partial charge is 0.459 e. The van der Waals surface area contributed by atoms with Crippen LogP contribution < -0.4 is 5.32 Å². The molecule has 14 nitrogen and oxygen atoms in total. The van der Waals surface area contributed by atoms with Gasteiger partial charge in [0.25, 0.3) is 0 Å². The average Bonchev–Trinajstić information content (AvgIpc) is 4.20. The average molecular weight is 1140 g/mol. The molecule has 3 aliphatic rings. The lowest BCUT2D eigenvalue weighted by molar-refractivity contribution is -0.284. The summed E-state index contributed by atoms with van der Waals surface area (Å²) < 4.78 is 190. The third kappa shape index (κ3) is 14.1. The van der Waals surface area contributed by atoms with Crippen LogP contribution in [0.25, 0.3) is 22.5 Å². The Hall–Kier alpha value is -5.34. The maximum Gasteiger partial charge on any atom is 0.453 e. The number of hydrogen-bond acceptors (Lipinski definition) is 14. The lowest BCUT2D eigenvalue weighted by atomic mass is 9.95. The van der Waals surface area contributed by atoms with Crippen LogP contribution >= 0.6 is 0 Å². The molecule has 1 N–H and O–H groups in total. The second-order valence-electron chi connectivity index (χ2n) is 21.3. The summed E-state index contributed by atoms with van der Waals surface area (Å²) in [5.74, 6) is -11.2. The molecule has 0 spiro atoms. The van der Waals surface area contributed by atoms with Crippen LogP contribution in [0.1, 0.15) is 104 Å². The summed E-state index contributed by atoms with van der Waals surface area (Å²) in [6.07, 6.45) is -8.34. The number of ether oxygens (including phenoxy) is 2. The van der Waals surface area contributed by atoms with E-state index in [1.807, 2.05) is 0 Å². The van der Waals surface area contributed by atoms with Gasteiger partial charge in [-0.3, -0.25) is 29.5 Å². The quantitative estimate of drug-likeness (QED) is 0.0875. The van der Waals surface area contributed by atoms with Gasteiger partial charge in [-0.1, -0.05) is 24.3 Å². The highest BCUT2D eigenvalue weighted by Gasteiger charge is 2.59. The Balaban J connectivity index is 0.000000250. The molecule has 2 saturated heterocycles. The van der Waals surface area contributed by atoms with E-state index in [1.165, 1.54) is 60.9 Å². The number of nitrogens with one attached hydrogen (secondary N) is 1. The van der Waals surface area contributed by atoms with Gasteiger partial charge < -0.3 is 19.7 Å². The van der Waals surface area contributed by atoms with E-state index < -0.39 is 102 Å². The summed E-state index contributed by atoms with van der Waals surface area (Å²) in [6.45, 7) is 11.6. The van der Waals surface area contributed by atoms with Crippen LogP contribution in [0.2, 0.25) is 0 Å². The molecule has 4 aromatic rings. The number of hydrogen-bond donors (Lipinski definition) is 1. The third-order valence-corrected chi connectivity index (χ3v) is 18.2. The predicted octanol–water partition coefficient (Wildman–Crippen LogP) is 9.90. The molecule has 3 fully saturated rings. The number of esters is 2. The Kier molecular flexibility index (Phi) is 17.7. The number of rotatable bonds is 15. The highest BCUT2D eigenvalue weighted by atomic mass is 32.2. The third-order valence-electron chi connectivity index (χ3n) is 13.2. The van der Waals surface area contributed by atoms with Crippen molar-refractivity contribution in [3.63, 3.8) is 0 Å². The van der Waals surface area contributed by atoms with Crippen LogP contribution in [0.3, 0.4) is 0 Å². The van der Waals surface area contributed by atoms with Gasteiger partial charge in [0.15, 0.2) is 29.2 Å². The topological polar surface area (TPSA) is 188 Å². The zero-order valence-corrected chi connectivity index (χ0v) is 44.6. The number of nitrogens with zero attached hydrogens (tertiary/aromatic N) is 5. The predicted molar refractivity (Wildman–Crippen MR) is 261 cm³/mol. The number of sulfone groups is 2. The molecule has 1 aliphatic carbocycles. The van der Waals surface area contributed by atoms with Gasteiger partial charge >= 0.3 is 36.1 Å². The Morgan fingerprint density at radius 3 is 1.21 bits per heavy atom. The molecule has 4 heterocycles. The zero-order chi connectivity index (χ0) is 57.3. The summed E-state index contributed by atoms with van der Waals surface area (Å²) in [5.41, 5.74) is -0.398. The fraction of sp³-hybridized carbons (Fsp3) is 0.569. The molecule has 26 heteroatoms. The van der Waals surface area contributed by atoms with Gasteiger partial charge in [0.2, 0.25) is 0 Å². The number of halogens is 10. The van der Waals surface area contributed by atoms with Gasteiger partial charge in [-0.05, 0) is 130 Å². The fourth-order valence-electron chi connectivity index (χ4n) is 8.61. The van der Waals surface area contributed by atoms with Crippen molar-refractivity contribution in [2.24, 2.45) is 0 Å². The smallest absolute Gasteiger partial charge is 0.453 e. The number of carbonyl (C=O) groups is 2. The summed E-state index contributed by atoms with van der Waals surface area (Å²) in [7, 11) is -8.31. The highest BCUT2D eigenvalue weighted by molar-refractivity contribution is 7.94. The van der Waals surface area contributed by atoms with Crippen LogP contribution in [0.5, 0.6) is 0 Å². The maximum absolute atomic E-state index is 14.0. The minimum Gasteiger partial charge on any atom is -0.459 e. The standard InChI is InChI=1S/C27H32F5N3O4S.C24H28F5N3O4S/c1-24(2,3)39-23(36)25(12-14-35(15-13-25)20-6-7-20)40(37,38)21-8-4-18(5-9-21)22-17-33-19(16-34-22)10-11-26(28,29)27(30,31)32;1-21(2,3)36-20(33)22(10-12-30-13-11-22)37(34,35)18-6-4-16(5-7-18)19-15-31-17(14-32-19)8-9-23(25,26)24(27,28)29/h4-5,8-9,16-17,20H,6-7,10-15H2,1-3H3;4-7,14-15,30H,8-13H2,1-3H3. The summed E-state index contributed by atoms with van der Waals surface area (Å²) in [5, 5.41) is 3.06. The summed E-state index contributed by atoms with van der Waals surface area (Å²) in [4.78, 5) is 44.5. The first-order valence-corrected chi connectivity index (χ1v) is 27.5. The lowest BCUT2D eigenvalue weighted by Crippen LogP contribution is -2.56. The van der Waals surface area contributed by atoms with Gasteiger partial charge in [0.05, 0.1) is 45.0 Å². The van der Waals surface area contributed by atoms with Gasteiger partial charge in [-0.15, -0.1) is 0 Å². The molecule has 7 rings (SSSR count). The van der Waals surface area contributed by atoms with E-state index in [1.54, 1.807) is 41.5 Å². The van der Waals surface area contributed by atoms with E-state index in [-0.39, 0.29) is 58.2 Å². The molecule has 0 amide bonds. The van der Waals surface area contributed by atoms with Crippen molar-refractivity contribution in [1.82, 2.24) is 30.2 Å². The van der Waals surface area contributed by atoms with E-state index in [2.05, 4.69) is 30.2 Å². The highest BCUT2D eigenvalue weighted by Crippen LogP contribution is 2.43. The second kappa shape index (κ2) is 22.4. The van der Waals surface area contributed by atoms with Crippen molar-refractivity contribution in [2.45, 2.75) is 166 Å². The first-order valence-electron chi connectivity index (χ1n) is 24.6. The molecule has 2 aliphatic heterocycles. The molecular formula is C51H60F10N6O8S2. The minimum absolute atomic E-state index is 0.0382. The van der Waals surface area contributed by atoms with Crippen LogP contribution in [-0.2, 0) is 51.6 Å². The molecule has 2 aromatic carbocycles. The van der Waals surface area contributed by atoms with E-state index in [4.69, 9.17) is 9.47 Å². The summed E-state index contributed by atoms with van der Waals surface area (Å²) >= 11 is 0. The number of benzene rings is 2. The molecule has 0 atom stereocenters. The van der Waals surface area contributed by atoms with Crippen molar-refractivity contribution in [3.8, 4) is 22.5 Å². The van der Waals surface area contributed by atoms with Gasteiger partial charge in [-0.25, -0.2) is 16.8 Å². The number of carbonyl (C=O) groups excluding carboxylic acids is 2. The number of aromatic nitrogens is 4. The van der Waals surface area contributed by atoms with Crippen LogP contribution in [0, 0.1) is 0 Å². The normalized spacial score (nSPS) is 17.9. The molecule has 1 saturated carbocycles.